The summed E-state index contributed by atoms with van der Waals surface area (Å²) in [5, 5.41) is 5.69. The van der Waals surface area contributed by atoms with E-state index >= 15 is 0 Å². The van der Waals surface area contributed by atoms with Gasteiger partial charge in [0.25, 0.3) is 0 Å². The largest absolute Gasteiger partial charge is 0.383 e. The fourth-order valence-electron chi connectivity index (χ4n) is 5.32. The van der Waals surface area contributed by atoms with E-state index in [1.807, 2.05) is 30.9 Å². The van der Waals surface area contributed by atoms with Gasteiger partial charge in [-0.1, -0.05) is 37.8 Å². The van der Waals surface area contributed by atoms with Crippen LogP contribution in [0.25, 0.3) is 17.0 Å². The van der Waals surface area contributed by atoms with Gasteiger partial charge < -0.3 is 10.6 Å². The van der Waals surface area contributed by atoms with Crippen LogP contribution in [0.3, 0.4) is 0 Å². The molecule has 36 heavy (non-hydrogen) atoms. The van der Waals surface area contributed by atoms with Crippen LogP contribution in [-0.4, -0.2) is 26.8 Å². The third-order valence-corrected chi connectivity index (χ3v) is 7.41. The predicted molar refractivity (Wildman–Crippen MR) is 149 cm³/mol. The number of hydrogen-bond acceptors (Lipinski definition) is 5. The van der Waals surface area contributed by atoms with Gasteiger partial charge in [0.05, 0.1) is 16.9 Å². The molecule has 6 rings (SSSR count). The number of nitrogen functional groups attached to an aromatic ring is 1. The minimum Gasteiger partial charge on any atom is -0.383 e. The van der Waals surface area contributed by atoms with Crippen LogP contribution in [-0.2, 0) is 20.0 Å². The van der Waals surface area contributed by atoms with Crippen molar-refractivity contribution in [3.63, 3.8) is 0 Å². The SMILES string of the molecule is C=Cc1ccc(C2CC2)nc1.Cc1nn(C)cc1N(C)Cc1ccc2c3c(c(N)nc2c1)C(C)CC3. The van der Waals surface area contributed by atoms with E-state index in [1.54, 1.807) is 0 Å². The van der Waals surface area contributed by atoms with E-state index in [0.29, 0.717) is 11.7 Å². The molecule has 0 spiro atoms. The fourth-order valence-corrected chi connectivity index (χ4v) is 5.32. The molecule has 1 fully saturated rings. The monoisotopic (exact) mass is 480 g/mol. The number of nitrogens with zero attached hydrogens (tertiary/aromatic N) is 5. The summed E-state index contributed by atoms with van der Waals surface area (Å²) in [6.07, 6.45) is 10.7. The molecule has 1 saturated carbocycles. The molecule has 0 saturated heterocycles. The van der Waals surface area contributed by atoms with Gasteiger partial charge in [-0.2, -0.15) is 5.10 Å². The maximum Gasteiger partial charge on any atom is 0.127 e. The standard InChI is InChI=1S/C20H25N5.C10H11N/c1-12-5-7-16-15-8-6-14(9-17(15)22-20(21)19(12)16)10-24(3)18-11-25(4)23-13(18)2;1-2-8-3-6-10(11-7-8)9-4-5-9/h6,8-9,11-12H,5,7,10H2,1-4H3,(H2,21,22);2-3,6-7,9H,1,4-5H2. The molecule has 186 valence electrons. The summed E-state index contributed by atoms with van der Waals surface area (Å²) < 4.78 is 1.86. The second-order valence-electron chi connectivity index (χ2n) is 10.3. The molecule has 2 aliphatic rings. The van der Waals surface area contributed by atoms with Crippen LogP contribution in [0.1, 0.15) is 71.7 Å². The van der Waals surface area contributed by atoms with E-state index in [4.69, 9.17) is 10.7 Å². The minimum absolute atomic E-state index is 0.520. The number of rotatable bonds is 5. The molecule has 1 unspecified atom stereocenters. The minimum atomic E-state index is 0.520. The Balaban J connectivity index is 0.000000202. The van der Waals surface area contributed by atoms with Crippen molar-refractivity contribution in [2.45, 2.75) is 57.9 Å². The Bertz CT molecular complexity index is 1400. The van der Waals surface area contributed by atoms with Gasteiger partial charge in [-0.3, -0.25) is 9.67 Å². The Morgan fingerprint density at radius 1 is 1.19 bits per heavy atom. The summed E-state index contributed by atoms with van der Waals surface area (Å²) in [7, 11) is 4.05. The zero-order chi connectivity index (χ0) is 25.4. The fraction of sp³-hybridized carbons (Fsp3) is 0.367. The van der Waals surface area contributed by atoms with Gasteiger partial charge in [0, 0.05) is 55.6 Å². The first-order valence-electron chi connectivity index (χ1n) is 12.8. The van der Waals surface area contributed by atoms with Crippen molar-refractivity contribution < 1.29 is 0 Å². The molecule has 0 radical (unpaired) electrons. The lowest BCUT2D eigenvalue weighted by Crippen LogP contribution is -2.16. The molecular weight excluding hydrogens is 444 g/mol. The lowest BCUT2D eigenvalue weighted by Gasteiger charge is -2.19. The molecule has 3 aromatic heterocycles. The molecular formula is C30H36N6. The maximum absolute atomic E-state index is 6.26. The molecule has 0 amide bonds. The highest BCUT2D eigenvalue weighted by Gasteiger charge is 2.25. The van der Waals surface area contributed by atoms with Crippen molar-refractivity contribution in [3.05, 3.63) is 82.9 Å². The summed E-state index contributed by atoms with van der Waals surface area (Å²) in [6.45, 7) is 8.78. The van der Waals surface area contributed by atoms with Gasteiger partial charge in [-0.05, 0) is 67.3 Å². The van der Waals surface area contributed by atoms with Crippen molar-refractivity contribution >= 4 is 28.5 Å². The predicted octanol–water partition coefficient (Wildman–Crippen LogP) is 6.15. The zero-order valence-electron chi connectivity index (χ0n) is 21.8. The first-order chi connectivity index (χ1) is 17.3. The van der Waals surface area contributed by atoms with E-state index in [2.05, 4.69) is 72.1 Å². The molecule has 6 nitrogen and oxygen atoms in total. The Hall–Kier alpha value is -3.67. The summed E-state index contributed by atoms with van der Waals surface area (Å²) in [5.41, 5.74) is 15.7. The Kier molecular flexibility index (Phi) is 6.52. The molecule has 1 atom stereocenters. The summed E-state index contributed by atoms with van der Waals surface area (Å²) in [6, 6.07) is 10.8. The highest BCUT2D eigenvalue weighted by atomic mass is 15.3. The normalized spacial score (nSPS) is 16.4. The van der Waals surface area contributed by atoms with Crippen LogP contribution in [0.4, 0.5) is 11.5 Å². The lowest BCUT2D eigenvalue weighted by atomic mass is 10.00. The van der Waals surface area contributed by atoms with Crippen LogP contribution in [0.2, 0.25) is 0 Å². The second kappa shape index (κ2) is 9.76. The number of aryl methyl sites for hydroxylation is 3. The highest BCUT2D eigenvalue weighted by molar-refractivity contribution is 5.87. The number of nitrogens with two attached hydrogens (primary N) is 1. The van der Waals surface area contributed by atoms with E-state index in [1.165, 1.54) is 47.0 Å². The number of pyridine rings is 2. The van der Waals surface area contributed by atoms with Crippen molar-refractivity contribution in [1.29, 1.82) is 0 Å². The van der Waals surface area contributed by atoms with Gasteiger partial charge in [-0.15, -0.1) is 0 Å². The molecule has 3 heterocycles. The van der Waals surface area contributed by atoms with Crippen LogP contribution >= 0.6 is 0 Å². The zero-order valence-corrected chi connectivity index (χ0v) is 21.8. The van der Waals surface area contributed by atoms with Gasteiger partial charge in [0.15, 0.2) is 0 Å². The van der Waals surface area contributed by atoms with Crippen LogP contribution < -0.4 is 10.6 Å². The van der Waals surface area contributed by atoms with Crippen molar-refractivity contribution in [3.8, 4) is 0 Å². The molecule has 0 bridgehead atoms. The number of anilines is 2. The quantitative estimate of drug-likeness (QED) is 0.371. The average molecular weight is 481 g/mol. The Morgan fingerprint density at radius 2 is 2.00 bits per heavy atom. The molecule has 4 aromatic rings. The van der Waals surface area contributed by atoms with E-state index < -0.39 is 0 Å². The van der Waals surface area contributed by atoms with Crippen LogP contribution in [0, 0.1) is 6.92 Å². The first-order valence-corrected chi connectivity index (χ1v) is 12.8. The lowest BCUT2D eigenvalue weighted by molar-refractivity contribution is 0.747. The molecule has 2 N–H and O–H groups in total. The summed E-state index contributed by atoms with van der Waals surface area (Å²) in [5.74, 6) is 1.99. The van der Waals surface area contributed by atoms with E-state index in [0.717, 1.165) is 41.3 Å². The van der Waals surface area contributed by atoms with Gasteiger partial charge in [-0.25, -0.2) is 4.98 Å². The van der Waals surface area contributed by atoms with Crippen molar-refractivity contribution in [1.82, 2.24) is 19.7 Å². The number of hydrogen-bond donors (Lipinski definition) is 1. The maximum atomic E-state index is 6.26. The second-order valence-corrected chi connectivity index (χ2v) is 10.3. The summed E-state index contributed by atoms with van der Waals surface area (Å²) >= 11 is 0. The van der Waals surface area contributed by atoms with Crippen molar-refractivity contribution in [2.75, 3.05) is 17.7 Å². The number of aromatic nitrogens is 4. The number of fused-ring (bicyclic) bond motifs is 3. The van der Waals surface area contributed by atoms with Crippen LogP contribution in [0.5, 0.6) is 0 Å². The van der Waals surface area contributed by atoms with Crippen LogP contribution in [0.15, 0.2) is 49.3 Å². The molecule has 0 aliphatic heterocycles. The third-order valence-electron chi connectivity index (χ3n) is 7.41. The summed E-state index contributed by atoms with van der Waals surface area (Å²) in [4.78, 5) is 11.3. The Labute approximate surface area is 213 Å². The topological polar surface area (TPSA) is 72.9 Å². The third kappa shape index (κ3) is 4.85. The van der Waals surface area contributed by atoms with E-state index in [9.17, 15) is 0 Å². The smallest absolute Gasteiger partial charge is 0.127 e. The van der Waals surface area contributed by atoms with Crippen molar-refractivity contribution in [2.24, 2.45) is 7.05 Å². The average Bonchev–Trinajstić information content (AvgIpc) is 3.55. The number of benzene rings is 1. The molecule has 1 aromatic carbocycles. The first kappa shape index (κ1) is 24.0. The van der Waals surface area contributed by atoms with Gasteiger partial charge in [0.2, 0.25) is 0 Å². The Morgan fingerprint density at radius 3 is 2.64 bits per heavy atom. The van der Waals surface area contributed by atoms with Gasteiger partial charge in [0.1, 0.15) is 5.82 Å². The molecule has 6 heteroatoms. The van der Waals surface area contributed by atoms with E-state index in [-0.39, 0.29) is 0 Å². The highest BCUT2D eigenvalue weighted by Crippen LogP contribution is 2.40. The van der Waals surface area contributed by atoms with Gasteiger partial charge >= 0.3 is 0 Å². The molecule has 2 aliphatic carbocycles.